The van der Waals surface area contributed by atoms with Crippen LogP contribution < -0.4 is 5.32 Å². The first-order valence-corrected chi connectivity index (χ1v) is 5.56. The van der Waals surface area contributed by atoms with Gasteiger partial charge in [0.15, 0.2) is 0 Å². The molecule has 1 aromatic carbocycles. The van der Waals surface area contributed by atoms with Crippen molar-refractivity contribution in [3.05, 3.63) is 64.9 Å². The molecule has 3 heteroatoms. The number of rotatable bonds is 4. The molecule has 82 valence electrons. The highest BCUT2D eigenvalue weighted by Gasteiger charge is 1.94. The molecule has 0 aliphatic carbocycles. The van der Waals surface area contributed by atoms with Gasteiger partial charge < -0.3 is 5.32 Å². The highest BCUT2D eigenvalue weighted by molar-refractivity contribution is 6.30. The van der Waals surface area contributed by atoms with Gasteiger partial charge in [0, 0.05) is 30.5 Å². The maximum Gasteiger partial charge on any atom is 0.0406 e. The van der Waals surface area contributed by atoms with E-state index in [1.807, 2.05) is 36.4 Å². The summed E-state index contributed by atoms with van der Waals surface area (Å²) in [5, 5.41) is 4.14. The van der Waals surface area contributed by atoms with E-state index >= 15 is 0 Å². The summed E-state index contributed by atoms with van der Waals surface area (Å²) in [6.07, 6.45) is 3.61. The van der Waals surface area contributed by atoms with E-state index in [1.54, 1.807) is 12.4 Å². The van der Waals surface area contributed by atoms with E-state index < -0.39 is 0 Å². The monoisotopic (exact) mass is 232 g/mol. The molecule has 0 aliphatic rings. The lowest BCUT2D eigenvalue weighted by Crippen LogP contribution is -2.12. The number of benzene rings is 1. The Morgan fingerprint density at radius 3 is 2.06 bits per heavy atom. The van der Waals surface area contributed by atoms with E-state index in [1.165, 1.54) is 11.1 Å². The molecular weight excluding hydrogens is 220 g/mol. The smallest absolute Gasteiger partial charge is 0.0406 e. The molecule has 1 heterocycles. The summed E-state index contributed by atoms with van der Waals surface area (Å²) < 4.78 is 0. The summed E-state index contributed by atoms with van der Waals surface area (Å²) in [6, 6.07) is 11.9. The van der Waals surface area contributed by atoms with E-state index in [2.05, 4.69) is 10.3 Å². The Balaban J connectivity index is 1.82. The third kappa shape index (κ3) is 3.33. The second-order valence-electron chi connectivity index (χ2n) is 3.59. The number of hydrogen-bond acceptors (Lipinski definition) is 2. The Labute approximate surface area is 100 Å². The Morgan fingerprint density at radius 1 is 0.875 bits per heavy atom. The lowest BCUT2D eigenvalue weighted by Gasteiger charge is -2.04. The average Bonchev–Trinajstić information content (AvgIpc) is 2.33. The van der Waals surface area contributed by atoms with Gasteiger partial charge in [-0.1, -0.05) is 23.7 Å². The van der Waals surface area contributed by atoms with Crippen molar-refractivity contribution in [3.8, 4) is 0 Å². The first kappa shape index (κ1) is 11.1. The molecular formula is C13H13ClN2. The largest absolute Gasteiger partial charge is 0.309 e. The number of halogens is 1. The molecule has 0 bridgehead atoms. The Bertz CT molecular complexity index is 425. The van der Waals surface area contributed by atoms with Crippen molar-refractivity contribution in [3.63, 3.8) is 0 Å². The second kappa shape index (κ2) is 5.64. The summed E-state index contributed by atoms with van der Waals surface area (Å²) in [6.45, 7) is 1.70. The molecule has 0 saturated carbocycles. The fraction of sp³-hybridized carbons (Fsp3) is 0.154. The average molecular weight is 233 g/mol. The predicted octanol–water partition coefficient (Wildman–Crippen LogP) is 3.02. The van der Waals surface area contributed by atoms with Gasteiger partial charge in [0.2, 0.25) is 0 Å². The molecule has 0 spiro atoms. The normalized spacial score (nSPS) is 10.3. The maximum absolute atomic E-state index is 5.81. The Morgan fingerprint density at radius 2 is 1.44 bits per heavy atom. The van der Waals surface area contributed by atoms with Crippen molar-refractivity contribution >= 4 is 11.6 Å². The van der Waals surface area contributed by atoms with Crippen LogP contribution in [-0.2, 0) is 13.1 Å². The van der Waals surface area contributed by atoms with Gasteiger partial charge in [-0.25, -0.2) is 0 Å². The van der Waals surface area contributed by atoms with Gasteiger partial charge in [0.05, 0.1) is 0 Å². The highest BCUT2D eigenvalue weighted by Crippen LogP contribution is 2.09. The predicted molar refractivity (Wildman–Crippen MR) is 66.2 cm³/mol. The van der Waals surface area contributed by atoms with Crippen LogP contribution in [-0.4, -0.2) is 4.98 Å². The lowest BCUT2D eigenvalue weighted by molar-refractivity contribution is 0.693. The van der Waals surface area contributed by atoms with Crippen LogP contribution in [0, 0.1) is 0 Å². The van der Waals surface area contributed by atoms with Crippen molar-refractivity contribution in [2.75, 3.05) is 0 Å². The quantitative estimate of drug-likeness (QED) is 0.877. The fourth-order valence-corrected chi connectivity index (χ4v) is 1.58. The Kier molecular flexibility index (Phi) is 3.91. The van der Waals surface area contributed by atoms with E-state index in [4.69, 9.17) is 11.6 Å². The molecule has 2 nitrogen and oxygen atoms in total. The molecule has 0 fully saturated rings. The van der Waals surface area contributed by atoms with E-state index in [-0.39, 0.29) is 0 Å². The minimum Gasteiger partial charge on any atom is -0.309 e. The number of nitrogens with zero attached hydrogens (tertiary/aromatic N) is 1. The van der Waals surface area contributed by atoms with Crippen molar-refractivity contribution < 1.29 is 0 Å². The number of nitrogens with one attached hydrogen (secondary N) is 1. The van der Waals surface area contributed by atoms with E-state index in [9.17, 15) is 0 Å². The van der Waals surface area contributed by atoms with Crippen molar-refractivity contribution in [2.24, 2.45) is 0 Å². The van der Waals surface area contributed by atoms with Crippen LogP contribution >= 0.6 is 11.6 Å². The molecule has 2 aromatic rings. The molecule has 1 N–H and O–H groups in total. The molecule has 0 unspecified atom stereocenters. The zero-order valence-corrected chi connectivity index (χ0v) is 9.61. The van der Waals surface area contributed by atoms with Crippen molar-refractivity contribution in [2.45, 2.75) is 13.1 Å². The van der Waals surface area contributed by atoms with Crippen LogP contribution in [0.2, 0.25) is 5.02 Å². The third-order valence-corrected chi connectivity index (χ3v) is 2.57. The maximum atomic E-state index is 5.81. The van der Waals surface area contributed by atoms with Gasteiger partial charge in [-0.05, 0) is 35.4 Å². The van der Waals surface area contributed by atoms with Crippen LogP contribution in [0.5, 0.6) is 0 Å². The molecule has 1 aromatic heterocycles. The SMILES string of the molecule is Clc1ccc(CNCc2ccncc2)cc1. The van der Waals surface area contributed by atoms with Crippen LogP contribution in [0.15, 0.2) is 48.8 Å². The van der Waals surface area contributed by atoms with Crippen molar-refractivity contribution in [1.29, 1.82) is 0 Å². The summed E-state index contributed by atoms with van der Waals surface area (Å²) in [5.74, 6) is 0. The Hall–Kier alpha value is -1.38. The van der Waals surface area contributed by atoms with E-state index in [0.717, 1.165) is 18.1 Å². The zero-order valence-electron chi connectivity index (χ0n) is 8.86. The fourth-order valence-electron chi connectivity index (χ4n) is 1.45. The highest BCUT2D eigenvalue weighted by atomic mass is 35.5. The molecule has 0 amide bonds. The van der Waals surface area contributed by atoms with Crippen LogP contribution in [0.1, 0.15) is 11.1 Å². The van der Waals surface area contributed by atoms with E-state index in [0.29, 0.717) is 0 Å². The van der Waals surface area contributed by atoms with Gasteiger partial charge >= 0.3 is 0 Å². The van der Waals surface area contributed by atoms with Gasteiger partial charge in [0.25, 0.3) is 0 Å². The van der Waals surface area contributed by atoms with Gasteiger partial charge in [-0.3, -0.25) is 4.98 Å². The molecule has 0 saturated heterocycles. The minimum atomic E-state index is 0.776. The van der Waals surface area contributed by atoms with Crippen LogP contribution in [0.25, 0.3) is 0 Å². The standard InChI is InChI=1S/C13H13ClN2/c14-13-3-1-11(2-4-13)9-16-10-12-5-7-15-8-6-12/h1-8,16H,9-10H2. The number of aromatic nitrogens is 1. The third-order valence-electron chi connectivity index (χ3n) is 2.32. The topological polar surface area (TPSA) is 24.9 Å². The summed E-state index contributed by atoms with van der Waals surface area (Å²) >= 11 is 5.81. The van der Waals surface area contributed by atoms with Crippen LogP contribution in [0.3, 0.4) is 0 Å². The molecule has 0 atom stereocenters. The number of hydrogen-bond donors (Lipinski definition) is 1. The molecule has 0 radical (unpaired) electrons. The lowest BCUT2D eigenvalue weighted by atomic mass is 10.2. The van der Waals surface area contributed by atoms with Crippen LogP contribution in [0.4, 0.5) is 0 Å². The minimum absolute atomic E-state index is 0.776. The first-order chi connectivity index (χ1) is 7.84. The summed E-state index contributed by atoms with van der Waals surface area (Å²) in [4.78, 5) is 3.98. The molecule has 2 rings (SSSR count). The molecule has 16 heavy (non-hydrogen) atoms. The van der Waals surface area contributed by atoms with Crippen molar-refractivity contribution in [1.82, 2.24) is 10.3 Å². The zero-order chi connectivity index (χ0) is 11.2. The summed E-state index contributed by atoms with van der Waals surface area (Å²) in [7, 11) is 0. The van der Waals surface area contributed by atoms with Gasteiger partial charge in [-0.2, -0.15) is 0 Å². The first-order valence-electron chi connectivity index (χ1n) is 5.18. The van der Waals surface area contributed by atoms with Gasteiger partial charge in [-0.15, -0.1) is 0 Å². The van der Waals surface area contributed by atoms with Gasteiger partial charge in [0.1, 0.15) is 0 Å². The number of pyridine rings is 1. The summed E-state index contributed by atoms with van der Waals surface area (Å²) in [5.41, 5.74) is 2.47. The second-order valence-corrected chi connectivity index (χ2v) is 4.02. The molecule has 0 aliphatic heterocycles.